The lowest BCUT2D eigenvalue weighted by Crippen LogP contribution is -2.54. The number of aryl methyl sites for hydroxylation is 1. The van der Waals surface area contributed by atoms with Crippen LogP contribution in [0.4, 0.5) is 10.7 Å². The molecule has 1 aliphatic carbocycles. The number of nitrogens with zero attached hydrogens (tertiary/aromatic N) is 5. The van der Waals surface area contributed by atoms with Crippen LogP contribution in [0.25, 0.3) is 16.7 Å². The molecule has 0 unspecified atom stereocenters. The number of carboxylic acids is 1. The van der Waals surface area contributed by atoms with Crippen LogP contribution < -0.4 is 21.1 Å². The van der Waals surface area contributed by atoms with Gasteiger partial charge in [0.15, 0.2) is 5.65 Å². The van der Waals surface area contributed by atoms with Gasteiger partial charge >= 0.3 is 12.0 Å². The lowest BCUT2D eigenvalue weighted by atomic mass is 9.96. The molecule has 1 aliphatic heterocycles. The minimum atomic E-state index is -1.01. The summed E-state index contributed by atoms with van der Waals surface area (Å²) in [6.07, 6.45) is 5.65. The van der Waals surface area contributed by atoms with Crippen LogP contribution in [0.5, 0.6) is 0 Å². The first-order valence-electron chi connectivity index (χ1n) is 15.7. The summed E-state index contributed by atoms with van der Waals surface area (Å²) >= 11 is 0. The number of benzene rings is 2. The Morgan fingerprint density at radius 2 is 1.52 bits per heavy atom. The van der Waals surface area contributed by atoms with E-state index in [1.165, 1.54) is 29.2 Å². The number of aromatic nitrogens is 3. The molecule has 2 fully saturated rings. The van der Waals surface area contributed by atoms with Gasteiger partial charge in [-0.3, -0.25) is 14.2 Å². The SMILES string of the molecule is Cc1nc(N2CCN(C(=O)NC3CCCCC3)CC2)nc2c1ccc(=O)n2-c1ccc(C(=O)NCc2ccc(C(=O)O)cc2)cc1. The van der Waals surface area contributed by atoms with E-state index in [4.69, 9.17) is 15.1 Å². The van der Waals surface area contributed by atoms with Gasteiger partial charge < -0.3 is 25.5 Å². The molecule has 0 bridgehead atoms. The molecule has 6 rings (SSSR count). The van der Waals surface area contributed by atoms with Crippen LogP contribution in [0.15, 0.2) is 65.5 Å². The zero-order chi connectivity index (χ0) is 32.2. The Bertz CT molecular complexity index is 1810. The molecule has 3 heterocycles. The Balaban J connectivity index is 1.16. The Hall–Kier alpha value is -5.26. The van der Waals surface area contributed by atoms with Crippen molar-refractivity contribution in [1.82, 2.24) is 30.1 Å². The topological polar surface area (TPSA) is 150 Å². The van der Waals surface area contributed by atoms with Gasteiger partial charge in [0.05, 0.1) is 16.9 Å². The summed E-state index contributed by atoms with van der Waals surface area (Å²) in [7, 11) is 0. The van der Waals surface area contributed by atoms with Crippen LogP contribution in [-0.4, -0.2) is 74.7 Å². The molecule has 3 N–H and O–H groups in total. The fourth-order valence-electron chi connectivity index (χ4n) is 6.08. The Labute approximate surface area is 266 Å². The fraction of sp³-hybridized carbons (Fsp3) is 0.353. The molecule has 4 aromatic rings. The van der Waals surface area contributed by atoms with Gasteiger partial charge in [-0.2, -0.15) is 4.98 Å². The molecule has 46 heavy (non-hydrogen) atoms. The zero-order valence-electron chi connectivity index (χ0n) is 25.7. The highest BCUT2D eigenvalue weighted by Crippen LogP contribution is 2.22. The van der Waals surface area contributed by atoms with E-state index in [0.717, 1.165) is 42.3 Å². The molecule has 238 valence electrons. The van der Waals surface area contributed by atoms with Crippen molar-refractivity contribution in [2.24, 2.45) is 0 Å². The number of pyridine rings is 1. The molecule has 2 aromatic heterocycles. The number of nitrogens with one attached hydrogen (secondary N) is 2. The van der Waals surface area contributed by atoms with E-state index >= 15 is 0 Å². The number of anilines is 1. The Morgan fingerprint density at radius 3 is 2.20 bits per heavy atom. The third-order valence-corrected chi connectivity index (χ3v) is 8.75. The van der Waals surface area contributed by atoms with Gasteiger partial charge in [-0.05, 0) is 67.8 Å². The molecule has 3 amide bonds. The third kappa shape index (κ3) is 6.70. The van der Waals surface area contributed by atoms with Gasteiger partial charge in [-0.1, -0.05) is 31.4 Å². The number of hydrogen-bond donors (Lipinski definition) is 3. The van der Waals surface area contributed by atoms with E-state index in [-0.39, 0.29) is 35.6 Å². The zero-order valence-corrected chi connectivity index (χ0v) is 25.7. The molecule has 2 aromatic carbocycles. The Morgan fingerprint density at radius 1 is 0.848 bits per heavy atom. The van der Waals surface area contributed by atoms with Crippen molar-refractivity contribution in [3.05, 3.63) is 93.4 Å². The van der Waals surface area contributed by atoms with Gasteiger partial charge in [0.1, 0.15) is 0 Å². The van der Waals surface area contributed by atoms with E-state index in [1.807, 2.05) is 16.7 Å². The Kier molecular flexibility index (Phi) is 8.95. The van der Waals surface area contributed by atoms with E-state index in [0.29, 0.717) is 49.0 Å². The summed E-state index contributed by atoms with van der Waals surface area (Å²) in [5.74, 6) is -0.803. The minimum Gasteiger partial charge on any atom is -0.478 e. The number of carbonyl (C=O) groups excluding carboxylic acids is 2. The maximum atomic E-state index is 13.2. The summed E-state index contributed by atoms with van der Waals surface area (Å²) in [5.41, 5.74) is 2.86. The second-order valence-corrected chi connectivity index (χ2v) is 11.8. The second-order valence-electron chi connectivity index (χ2n) is 11.8. The van der Waals surface area contributed by atoms with Crippen LogP contribution >= 0.6 is 0 Å². The molecular formula is C34H37N7O5. The van der Waals surface area contributed by atoms with E-state index in [9.17, 15) is 19.2 Å². The van der Waals surface area contributed by atoms with Crippen molar-refractivity contribution in [2.75, 3.05) is 31.1 Å². The van der Waals surface area contributed by atoms with Crippen molar-refractivity contribution >= 4 is 34.9 Å². The average molecular weight is 624 g/mol. The third-order valence-electron chi connectivity index (χ3n) is 8.75. The summed E-state index contributed by atoms with van der Waals surface area (Å²) < 4.78 is 1.52. The minimum absolute atomic E-state index is 0.0116. The fourth-order valence-corrected chi connectivity index (χ4v) is 6.08. The number of hydrogen-bond acceptors (Lipinski definition) is 7. The van der Waals surface area contributed by atoms with Crippen molar-refractivity contribution in [1.29, 1.82) is 0 Å². The predicted octanol–water partition coefficient (Wildman–Crippen LogP) is 3.88. The molecule has 0 radical (unpaired) electrons. The number of carboxylic acid groups (broad SMARTS) is 1. The lowest BCUT2D eigenvalue weighted by Gasteiger charge is -2.36. The summed E-state index contributed by atoms with van der Waals surface area (Å²) in [5, 5.41) is 15.8. The van der Waals surface area contributed by atoms with Crippen LogP contribution in [-0.2, 0) is 6.54 Å². The highest BCUT2D eigenvalue weighted by atomic mass is 16.4. The van der Waals surface area contributed by atoms with E-state index in [1.54, 1.807) is 42.5 Å². The number of carbonyl (C=O) groups is 3. The van der Waals surface area contributed by atoms with Crippen molar-refractivity contribution < 1.29 is 19.5 Å². The molecule has 1 saturated heterocycles. The number of urea groups is 1. The number of amides is 3. The molecule has 12 nitrogen and oxygen atoms in total. The highest BCUT2D eigenvalue weighted by molar-refractivity contribution is 5.94. The number of rotatable bonds is 7. The van der Waals surface area contributed by atoms with Crippen molar-refractivity contribution in [2.45, 2.75) is 51.6 Å². The summed E-state index contributed by atoms with van der Waals surface area (Å²) in [6, 6.07) is 16.5. The lowest BCUT2D eigenvalue weighted by molar-refractivity contribution is 0.0696. The molecule has 1 saturated carbocycles. The smallest absolute Gasteiger partial charge is 0.335 e. The number of aromatic carboxylic acids is 1. The standard InChI is InChI=1S/C34H37N7O5/c1-22-28-15-16-29(42)41(27-13-11-24(12-14-27)31(43)35-21-23-7-9-25(10-8-23)32(44)45)30(28)38-33(36-22)39-17-19-40(20-18-39)34(46)37-26-5-3-2-4-6-26/h7-16,26H,2-6,17-21H2,1H3,(H,35,43)(H,37,46)(H,44,45). The summed E-state index contributed by atoms with van der Waals surface area (Å²) in [4.78, 5) is 63.4. The first-order chi connectivity index (χ1) is 22.3. The van der Waals surface area contributed by atoms with Crippen molar-refractivity contribution in [3.63, 3.8) is 0 Å². The predicted molar refractivity (Wildman–Crippen MR) is 174 cm³/mol. The molecule has 12 heteroatoms. The molecule has 0 spiro atoms. The monoisotopic (exact) mass is 623 g/mol. The normalized spacial score (nSPS) is 15.5. The second kappa shape index (κ2) is 13.4. The van der Waals surface area contributed by atoms with Crippen molar-refractivity contribution in [3.8, 4) is 5.69 Å². The number of piperazine rings is 1. The first kappa shape index (κ1) is 30.8. The largest absolute Gasteiger partial charge is 0.478 e. The van der Waals surface area contributed by atoms with Crippen LogP contribution in [0.2, 0.25) is 0 Å². The molecular weight excluding hydrogens is 586 g/mol. The van der Waals surface area contributed by atoms with Crippen LogP contribution in [0.1, 0.15) is 64.1 Å². The van der Waals surface area contributed by atoms with E-state index < -0.39 is 5.97 Å². The van der Waals surface area contributed by atoms with Gasteiger partial charge in [-0.25, -0.2) is 14.6 Å². The first-order valence-corrected chi connectivity index (χ1v) is 15.7. The quantitative estimate of drug-likeness (QED) is 0.281. The van der Waals surface area contributed by atoms with E-state index in [2.05, 4.69) is 10.6 Å². The molecule has 2 aliphatic rings. The maximum Gasteiger partial charge on any atom is 0.335 e. The number of fused-ring (bicyclic) bond motifs is 1. The van der Waals surface area contributed by atoms with Crippen LogP contribution in [0.3, 0.4) is 0 Å². The van der Waals surface area contributed by atoms with Crippen LogP contribution in [0, 0.1) is 6.92 Å². The van der Waals surface area contributed by atoms with Gasteiger partial charge in [-0.15, -0.1) is 0 Å². The maximum absolute atomic E-state index is 13.2. The van der Waals surface area contributed by atoms with Gasteiger partial charge in [0.2, 0.25) is 5.95 Å². The van der Waals surface area contributed by atoms with Gasteiger partial charge in [0.25, 0.3) is 11.5 Å². The highest BCUT2D eigenvalue weighted by Gasteiger charge is 2.26. The molecule has 0 atom stereocenters. The van der Waals surface area contributed by atoms with Gasteiger partial charge in [0, 0.05) is 55.8 Å². The average Bonchev–Trinajstić information content (AvgIpc) is 3.08. The summed E-state index contributed by atoms with van der Waals surface area (Å²) in [6.45, 7) is 4.39.